The minimum Gasteiger partial charge on any atom is -0.504 e. The first-order chi connectivity index (χ1) is 14.1. The van der Waals surface area contributed by atoms with E-state index in [0.717, 1.165) is 11.1 Å². The Morgan fingerprint density at radius 3 is 2.17 bits per heavy atom. The molecule has 4 rings (SSSR count). The summed E-state index contributed by atoms with van der Waals surface area (Å²) in [4.78, 5) is 4.33. The Bertz CT molecular complexity index is 1060. The molecule has 0 aliphatic carbocycles. The zero-order valence-corrected chi connectivity index (χ0v) is 15.6. The fourth-order valence-corrected chi connectivity index (χ4v) is 3.77. The molecule has 0 spiro atoms. The third-order valence-corrected chi connectivity index (χ3v) is 5.15. The molecule has 2 unspecified atom stereocenters. The van der Waals surface area contributed by atoms with Gasteiger partial charge in [0.15, 0.2) is 17.9 Å². The van der Waals surface area contributed by atoms with Crippen molar-refractivity contribution in [1.82, 2.24) is 4.98 Å². The van der Waals surface area contributed by atoms with Crippen LogP contribution in [0.25, 0.3) is 0 Å². The van der Waals surface area contributed by atoms with Crippen molar-refractivity contribution in [2.45, 2.75) is 17.9 Å². The average molecular weight is 387 g/mol. The Kier molecular flexibility index (Phi) is 5.06. The lowest BCUT2D eigenvalue weighted by atomic mass is 9.72. The first-order valence-corrected chi connectivity index (χ1v) is 9.30. The molecule has 1 aromatic heterocycles. The second-order valence-corrected chi connectivity index (χ2v) is 7.05. The molecular formula is C24H21NO4. The molecule has 0 bridgehead atoms. The maximum absolute atomic E-state index is 12.2. The number of aromatic nitrogens is 1. The molecule has 0 aliphatic rings. The van der Waals surface area contributed by atoms with E-state index in [2.05, 4.69) is 4.98 Å². The summed E-state index contributed by atoms with van der Waals surface area (Å²) in [6.07, 6.45) is 3.13. The second-order valence-electron chi connectivity index (χ2n) is 7.05. The lowest BCUT2D eigenvalue weighted by molar-refractivity contribution is 0.0179. The molecule has 4 aromatic rings. The maximum Gasteiger partial charge on any atom is 0.180 e. The minimum atomic E-state index is -1.47. The van der Waals surface area contributed by atoms with Crippen molar-refractivity contribution in [3.63, 3.8) is 0 Å². The van der Waals surface area contributed by atoms with Gasteiger partial charge < -0.3 is 19.7 Å². The molecule has 3 N–H and O–H groups in total. The van der Waals surface area contributed by atoms with Crippen LogP contribution in [0.5, 0.6) is 11.5 Å². The van der Waals surface area contributed by atoms with Crippen LogP contribution in [0, 0.1) is 0 Å². The third kappa shape index (κ3) is 3.73. The number of phenols is 2. The minimum absolute atomic E-state index is 0.242. The molecule has 1 heterocycles. The molecule has 2 atom stereocenters. The van der Waals surface area contributed by atoms with Crippen molar-refractivity contribution in [2.24, 2.45) is 0 Å². The summed E-state index contributed by atoms with van der Waals surface area (Å²) in [6.45, 7) is 0. The molecule has 3 aromatic carbocycles. The summed E-state index contributed by atoms with van der Waals surface area (Å²) in [7, 11) is 0. The number of hydrogen-bond donors (Lipinski definition) is 3. The number of rotatable bonds is 6. The van der Waals surface area contributed by atoms with E-state index in [4.69, 9.17) is 4.42 Å². The summed E-state index contributed by atoms with van der Waals surface area (Å²) in [5.41, 5.74) is 1.35. The van der Waals surface area contributed by atoms with E-state index in [1.807, 2.05) is 60.7 Å². The van der Waals surface area contributed by atoms with Crippen molar-refractivity contribution in [3.05, 3.63) is 114 Å². The summed E-state index contributed by atoms with van der Waals surface area (Å²) in [6, 6.07) is 23.6. The highest BCUT2D eigenvalue weighted by molar-refractivity contribution is 5.46. The van der Waals surface area contributed by atoms with Crippen molar-refractivity contribution in [1.29, 1.82) is 0 Å². The fourth-order valence-electron chi connectivity index (χ4n) is 3.77. The van der Waals surface area contributed by atoms with E-state index in [0.29, 0.717) is 11.3 Å². The van der Waals surface area contributed by atoms with Gasteiger partial charge in [-0.25, -0.2) is 4.98 Å². The number of aliphatic hydroxyl groups is 1. The highest BCUT2D eigenvalue weighted by atomic mass is 16.3. The summed E-state index contributed by atoms with van der Waals surface area (Å²) in [5.74, 6) is -1.10. The van der Waals surface area contributed by atoms with E-state index >= 15 is 0 Å². The Hall–Kier alpha value is -3.57. The molecule has 0 aliphatic heterocycles. The fraction of sp³-hybridized carbons (Fsp3) is 0.125. The molecule has 5 nitrogen and oxygen atoms in total. The van der Waals surface area contributed by atoms with Gasteiger partial charge in [-0.1, -0.05) is 66.7 Å². The van der Waals surface area contributed by atoms with Gasteiger partial charge in [0.2, 0.25) is 0 Å². The van der Waals surface area contributed by atoms with Crippen LogP contribution in [0.2, 0.25) is 0 Å². The van der Waals surface area contributed by atoms with Crippen LogP contribution in [-0.4, -0.2) is 20.3 Å². The summed E-state index contributed by atoms with van der Waals surface area (Å²) < 4.78 is 5.23. The van der Waals surface area contributed by atoms with E-state index in [1.165, 1.54) is 24.8 Å². The number of hydrogen-bond acceptors (Lipinski definition) is 5. The molecule has 0 saturated heterocycles. The van der Waals surface area contributed by atoms with Gasteiger partial charge >= 0.3 is 0 Å². The molecule has 0 amide bonds. The Labute approximate surface area is 168 Å². The second kappa shape index (κ2) is 7.81. The maximum atomic E-state index is 12.2. The number of benzene rings is 3. The van der Waals surface area contributed by atoms with Gasteiger partial charge in [0.25, 0.3) is 0 Å². The van der Waals surface area contributed by atoms with Crippen molar-refractivity contribution in [3.8, 4) is 11.5 Å². The van der Waals surface area contributed by atoms with Gasteiger partial charge in [-0.05, 0) is 28.8 Å². The SMILES string of the molecule is Oc1ccc(C(O)(Cc2ccccc2)C(c2ccccc2)c2cocn2)cc1O. The quantitative estimate of drug-likeness (QED) is 0.428. The molecule has 29 heavy (non-hydrogen) atoms. The van der Waals surface area contributed by atoms with Gasteiger partial charge in [-0.3, -0.25) is 0 Å². The predicted octanol–water partition coefficient (Wildman–Crippen LogP) is 4.35. The monoisotopic (exact) mass is 387 g/mol. The standard InChI is InChI=1S/C24H21NO4/c26-21-12-11-19(13-22(21)27)24(28,14-17-7-3-1-4-8-17)23(20-15-29-16-25-20)18-9-5-2-6-10-18/h1-13,15-16,23,26-28H,14H2. The van der Waals surface area contributed by atoms with E-state index in [1.54, 1.807) is 6.07 Å². The van der Waals surface area contributed by atoms with Gasteiger partial charge in [-0.15, -0.1) is 0 Å². The number of oxazole rings is 1. The lowest BCUT2D eigenvalue weighted by Gasteiger charge is -2.36. The molecule has 0 saturated carbocycles. The van der Waals surface area contributed by atoms with Crippen molar-refractivity contribution < 1.29 is 19.7 Å². The van der Waals surface area contributed by atoms with Gasteiger partial charge in [0.05, 0.1) is 11.6 Å². The molecule has 0 radical (unpaired) electrons. The number of phenolic OH excluding ortho intramolecular Hbond substituents is 2. The van der Waals surface area contributed by atoms with E-state index < -0.39 is 11.5 Å². The molecule has 5 heteroatoms. The smallest absolute Gasteiger partial charge is 0.180 e. The van der Waals surface area contributed by atoms with Gasteiger partial charge in [-0.2, -0.15) is 0 Å². The van der Waals surface area contributed by atoms with Crippen LogP contribution in [0.1, 0.15) is 28.3 Å². The Morgan fingerprint density at radius 1 is 0.862 bits per heavy atom. The molecular weight excluding hydrogens is 366 g/mol. The Morgan fingerprint density at radius 2 is 1.55 bits per heavy atom. The van der Waals surface area contributed by atoms with Crippen LogP contribution in [0.3, 0.4) is 0 Å². The van der Waals surface area contributed by atoms with Crippen LogP contribution in [0.15, 0.2) is 95.9 Å². The normalized spacial score (nSPS) is 14.2. The third-order valence-electron chi connectivity index (χ3n) is 5.15. The van der Waals surface area contributed by atoms with Crippen LogP contribution in [0.4, 0.5) is 0 Å². The number of nitrogens with zero attached hydrogens (tertiary/aromatic N) is 1. The van der Waals surface area contributed by atoms with Crippen LogP contribution >= 0.6 is 0 Å². The average Bonchev–Trinajstić information content (AvgIpc) is 3.26. The predicted molar refractivity (Wildman–Crippen MR) is 109 cm³/mol. The van der Waals surface area contributed by atoms with Crippen molar-refractivity contribution >= 4 is 0 Å². The first-order valence-electron chi connectivity index (χ1n) is 9.30. The first kappa shape index (κ1) is 18.8. The largest absolute Gasteiger partial charge is 0.504 e. The topological polar surface area (TPSA) is 86.7 Å². The zero-order chi connectivity index (χ0) is 20.3. The Balaban J connectivity index is 1.92. The van der Waals surface area contributed by atoms with Gasteiger partial charge in [0, 0.05) is 6.42 Å². The lowest BCUT2D eigenvalue weighted by Crippen LogP contribution is -2.37. The van der Waals surface area contributed by atoms with Crippen molar-refractivity contribution in [2.75, 3.05) is 0 Å². The zero-order valence-electron chi connectivity index (χ0n) is 15.6. The highest BCUT2D eigenvalue weighted by Gasteiger charge is 2.42. The molecule has 0 fully saturated rings. The van der Waals surface area contributed by atoms with Crippen LogP contribution < -0.4 is 0 Å². The highest BCUT2D eigenvalue weighted by Crippen LogP contribution is 2.45. The van der Waals surface area contributed by atoms with Gasteiger partial charge in [0.1, 0.15) is 11.9 Å². The number of aromatic hydroxyl groups is 2. The van der Waals surface area contributed by atoms with Crippen LogP contribution in [-0.2, 0) is 12.0 Å². The summed E-state index contributed by atoms with van der Waals surface area (Å²) >= 11 is 0. The van der Waals surface area contributed by atoms with E-state index in [-0.39, 0.29) is 17.9 Å². The summed E-state index contributed by atoms with van der Waals surface area (Å²) in [5, 5.41) is 32.1. The molecule has 146 valence electrons. The van der Waals surface area contributed by atoms with E-state index in [9.17, 15) is 15.3 Å².